The summed E-state index contributed by atoms with van der Waals surface area (Å²) in [5, 5.41) is 22.4. The van der Waals surface area contributed by atoms with Gasteiger partial charge in [0.05, 0.1) is 30.0 Å². The van der Waals surface area contributed by atoms with Crippen LogP contribution in [0.5, 0.6) is 0 Å². The average molecular weight is 526 g/mol. The van der Waals surface area contributed by atoms with Crippen LogP contribution in [-0.2, 0) is 13.0 Å². The van der Waals surface area contributed by atoms with Gasteiger partial charge in [-0.2, -0.15) is 0 Å². The molecule has 196 valence electrons. The van der Waals surface area contributed by atoms with Crippen molar-refractivity contribution in [1.29, 1.82) is 0 Å². The van der Waals surface area contributed by atoms with E-state index < -0.39 is 41.1 Å². The molecular weight excluding hydrogens is 505 g/mol. The van der Waals surface area contributed by atoms with Crippen molar-refractivity contribution in [3.63, 3.8) is 0 Å². The van der Waals surface area contributed by atoms with Crippen molar-refractivity contribution in [1.82, 2.24) is 30.3 Å². The quantitative estimate of drug-likeness (QED) is 0.245. The Balaban J connectivity index is 1.76. The minimum atomic E-state index is -1.42. The summed E-state index contributed by atoms with van der Waals surface area (Å²) < 4.78 is 43.4. The van der Waals surface area contributed by atoms with E-state index in [2.05, 4.69) is 30.9 Å². The Morgan fingerprint density at radius 3 is 2.53 bits per heavy atom. The van der Waals surface area contributed by atoms with Crippen LogP contribution in [0.3, 0.4) is 0 Å². The van der Waals surface area contributed by atoms with Crippen molar-refractivity contribution in [3.8, 4) is 11.1 Å². The smallest absolute Gasteiger partial charge is 0.405 e. The second-order valence-corrected chi connectivity index (χ2v) is 8.13. The maximum Gasteiger partial charge on any atom is 0.405 e. The molecule has 4 aromatic rings. The molecule has 1 atom stereocenters. The molecule has 2 aromatic carbocycles. The zero-order valence-electron chi connectivity index (χ0n) is 19.6. The number of benzene rings is 2. The lowest BCUT2D eigenvalue weighted by Crippen LogP contribution is -2.30. The van der Waals surface area contributed by atoms with Gasteiger partial charge in [-0.1, -0.05) is 11.3 Å². The maximum atomic E-state index is 14.1. The predicted molar refractivity (Wildman–Crippen MR) is 128 cm³/mol. The first kappa shape index (κ1) is 26.1. The van der Waals surface area contributed by atoms with Gasteiger partial charge >= 0.3 is 6.09 Å². The van der Waals surface area contributed by atoms with Crippen LogP contribution >= 0.6 is 0 Å². The Morgan fingerprint density at radius 2 is 1.87 bits per heavy atom. The lowest BCUT2D eigenvalue weighted by atomic mass is 9.95. The minimum Gasteiger partial charge on any atom is -0.465 e. The molecule has 1 unspecified atom stereocenters. The Morgan fingerprint density at radius 1 is 1.11 bits per heavy atom. The summed E-state index contributed by atoms with van der Waals surface area (Å²) in [7, 11) is 0. The zero-order valence-corrected chi connectivity index (χ0v) is 19.6. The third-order valence-electron chi connectivity index (χ3n) is 5.45. The molecule has 38 heavy (non-hydrogen) atoms. The lowest BCUT2D eigenvalue weighted by Gasteiger charge is -2.21. The predicted octanol–water partition coefficient (Wildman–Crippen LogP) is 2.91. The average Bonchev–Trinajstić information content (AvgIpc) is 3.36. The zero-order chi connectivity index (χ0) is 27.2. The van der Waals surface area contributed by atoms with Gasteiger partial charge in [0.1, 0.15) is 17.5 Å². The summed E-state index contributed by atoms with van der Waals surface area (Å²) >= 11 is 0. The fourth-order valence-corrected chi connectivity index (χ4v) is 3.81. The second-order valence-electron chi connectivity index (χ2n) is 8.13. The van der Waals surface area contributed by atoms with E-state index in [4.69, 9.17) is 5.73 Å². The van der Waals surface area contributed by atoms with Crippen LogP contribution in [0.15, 0.2) is 55.0 Å². The van der Waals surface area contributed by atoms with E-state index in [0.717, 1.165) is 18.2 Å². The number of halogens is 3. The highest BCUT2D eigenvalue weighted by molar-refractivity contribution is 5.94. The summed E-state index contributed by atoms with van der Waals surface area (Å²) in [5.41, 5.74) is 5.67. The number of anilines is 1. The molecule has 11 nitrogen and oxygen atoms in total. The molecule has 4 rings (SSSR count). The summed E-state index contributed by atoms with van der Waals surface area (Å²) in [6.45, 7) is 0.746. The van der Waals surface area contributed by atoms with Gasteiger partial charge in [-0.05, 0) is 41.8 Å². The van der Waals surface area contributed by atoms with E-state index in [1.165, 1.54) is 24.5 Å². The van der Waals surface area contributed by atoms with Crippen molar-refractivity contribution in [3.05, 3.63) is 89.3 Å². The van der Waals surface area contributed by atoms with Gasteiger partial charge in [0.2, 0.25) is 5.95 Å². The van der Waals surface area contributed by atoms with Crippen molar-refractivity contribution < 1.29 is 27.9 Å². The SMILES string of the molecule is NC(=O)c1cc(-c2cnc(NCCn3ccnn3)nc2C(Cc2cc(F)cc(F)c2)NC(=O)O)ccc1F. The number of hydrogen-bond donors (Lipinski definition) is 4. The van der Waals surface area contributed by atoms with Crippen LogP contribution < -0.4 is 16.4 Å². The van der Waals surface area contributed by atoms with Gasteiger partial charge < -0.3 is 21.5 Å². The van der Waals surface area contributed by atoms with E-state index >= 15 is 0 Å². The van der Waals surface area contributed by atoms with Crippen LogP contribution in [0.4, 0.5) is 23.9 Å². The Hall–Kier alpha value is -5.01. The van der Waals surface area contributed by atoms with Gasteiger partial charge in [0.15, 0.2) is 0 Å². The molecule has 2 amide bonds. The summed E-state index contributed by atoms with van der Waals surface area (Å²) in [6.07, 6.45) is 2.93. The van der Waals surface area contributed by atoms with E-state index in [9.17, 15) is 27.9 Å². The summed E-state index contributed by atoms with van der Waals surface area (Å²) in [6, 6.07) is 5.29. The number of nitrogens with zero attached hydrogens (tertiary/aromatic N) is 5. The standard InChI is InChI=1S/C24H21F3N8O3/c25-15-7-13(8-16(26)11-15)9-20(32-24(37)38)21-18(14-1-2-19(27)17(10-14)22(28)36)12-30-23(33-21)29-3-5-35-6-4-31-34-35/h1-2,4,6-8,10-12,20,32H,3,5,9H2,(H2,28,36)(H,37,38)(H,29,30,33). The fraction of sp³-hybridized carbons (Fsp3) is 0.167. The van der Waals surface area contributed by atoms with Crippen LogP contribution in [0.25, 0.3) is 11.1 Å². The second kappa shape index (κ2) is 11.4. The highest BCUT2D eigenvalue weighted by Crippen LogP contribution is 2.31. The molecule has 14 heteroatoms. The first-order valence-electron chi connectivity index (χ1n) is 11.2. The van der Waals surface area contributed by atoms with Gasteiger partial charge in [0.25, 0.3) is 5.91 Å². The van der Waals surface area contributed by atoms with Crippen molar-refractivity contribution in [2.75, 3.05) is 11.9 Å². The number of carbonyl (C=O) groups is 2. The molecule has 0 aliphatic rings. The number of carboxylic acid groups (broad SMARTS) is 1. The molecule has 0 aliphatic heterocycles. The van der Waals surface area contributed by atoms with Crippen molar-refractivity contribution >= 4 is 17.9 Å². The largest absolute Gasteiger partial charge is 0.465 e. The summed E-state index contributed by atoms with van der Waals surface area (Å²) in [4.78, 5) is 32.1. The lowest BCUT2D eigenvalue weighted by molar-refractivity contribution is 0.0996. The van der Waals surface area contributed by atoms with Crippen LogP contribution in [0.1, 0.15) is 27.7 Å². The topological polar surface area (TPSA) is 161 Å². The molecule has 5 N–H and O–H groups in total. The number of hydrogen-bond acceptors (Lipinski definition) is 7. The highest BCUT2D eigenvalue weighted by atomic mass is 19.1. The first-order valence-corrected chi connectivity index (χ1v) is 11.2. The number of nitrogens with two attached hydrogens (primary N) is 1. The fourth-order valence-electron chi connectivity index (χ4n) is 3.81. The molecule has 2 heterocycles. The summed E-state index contributed by atoms with van der Waals surface area (Å²) in [5.74, 6) is -3.41. The molecule has 0 aliphatic carbocycles. The van der Waals surface area contributed by atoms with Crippen LogP contribution in [-0.4, -0.2) is 48.6 Å². The Kier molecular flexibility index (Phi) is 7.80. The van der Waals surface area contributed by atoms with Gasteiger partial charge in [0, 0.05) is 30.6 Å². The molecule has 2 aromatic heterocycles. The number of rotatable bonds is 10. The van der Waals surface area contributed by atoms with Crippen molar-refractivity contribution in [2.24, 2.45) is 5.73 Å². The van der Waals surface area contributed by atoms with Gasteiger partial charge in [-0.25, -0.2) is 27.9 Å². The number of carbonyl (C=O) groups excluding carboxylic acids is 1. The molecule has 0 saturated carbocycles. The Bertz CT molecular complexity index is 1450. The number of primary amides is 1. The van der Waals surface area contributed by atoms with E-state index in [1.54, 1.807) is 10.9 Å². The Labute approximate surface area is 213 Å². The van der Waals surface area contributed by atoms with Crippen LogP contribution in [0, 0.1) is 17.5 Å². The number of aromatic nitrogens is 5. The number of amides is 2. The van der Waals surface area contributed by atoms with E-state index in [-0.39, 0.29) is 34.8 Å². The molecule has 0 bridgehead atoms. The maximum absolute atomic E-state index is 14.1. The van der Waals surface area contributed by atoms with Crippen LogP contribution in [0.2, 0.25) is 0 Å². The van der Waals surface area contributed by atoms with E-state index in [0.29, 0.717) is 19.2 Å². The third-order valence-corrected chi connectivity index (χ3v) is 5.45. The highest BCUT2D eigenvalue weighted by Gasteiger charge is 2.24. The minimum absolute atomic E-state index is 0.109. The van der Waals surface area contributed by atoms with E-state index in [1.807, 2.05) is 0 Å². The monoisotopic (exact) mass is 526 g/mol. The molecular formula is C24H21F3N8O3. The first-order chi connectivity index (χ1) is 18.2. The molecule has 0 saturated heterocycles. The normalized spacial score (nSPS) is 11.7. The van der Waals surface area contributed by atoms with Gasteiger partial charge in [-0.3, -0.25) is 9.48 Å². The number of nitrogens with one attached hydrogen (secondary N) is 2. The molecule has 0 fully saturated rings. The van der Waals surface area contributed by atoms with Gasteiger partial charge in [-0.15, -0.1) is 5.10 Å². The molecule has 0 spiro atoms. The molecule has 0 radical (unpaired) electrons. The van der Waals surface area contributed by atoms with Crippen molar-refractivity contribution in [2.45, 2.75) is 19.0 Å². The third kappa shape index (κ3) is 6.40.